The summed E-state index contributed by atoms with van der Waals surface area (Å²) in [6.45, 7) is 1.76. The van der Waals surface area contributed by atoms with Crippen molar-refractivity contribution in [3.63, 3.8) is 0 Å². The standard InChI is InChI=1S/C12H14N4O2S/c1-9(10-4-6-14-7-5-10)16-19(17,18)11-2-3-12(13)15-8-11/h2-9,16H,1H3,(H2,13,15). The number of rotatable bonds is 4. The summed E-state index contributed by atoms with van der Waals surface area (Å²) < 4.78 is 26.8. The maximum Gasteiger partial charge on any atom is 0.242 e. The first kappa shape index (κ1) is 13.4. The summed E-state index contributed by atoms with van der Waals surface area (Å²) >= 11 is 0. The van der Waals surface area contributed by atoms with Crippen LogP contribution in [0.15, 0.2) is 47.8 Å². The van der Waals surface area contributed by atoms with Crippen LogP contribution in [0, 0.1) is 0 Å². The van der Waals surface area contributed by atoms with E-state index < -0.39 is 10.0 Å². The topological polar surface area (TPSA) is 98.0 Å². The smallest absolute Gasteiger partial charge is 0.242 e. The number of hydrogen-bond acceptors (Lipinski definition) is 5. The third kappa shape index (κ3) is 3.27. The summed E-state index contributed by atoms with van der Waals surface area (Å²) in [5.74, 6) is 0.279. The molecule has 100 valence electrons. The van der Waals surface area contributed by atoms with Crippen molar-refractivity contribution in [3.05, 3.63) is 48.4 Å². The second-order valence-electron chi connectivity index (χ2n) is 4.04. The molecule has 0 saturated carbocycles. The molecular weight excluding hydrogens is 264 g/mol. The molecule has 6 nitrogen and oxygen atoms in total. The van der Waals surface area contributed by atoms with Gasteiger partial charge >= 0.3 is 0 Å². The third-order valence-corrected chi connectivity index (χ3v) is 4.13. The summed E-state index contributed by atoms with van der Waals surface area (Å²) in [6, 6.07) is 6.03. The zero-order valence-electron chi connectivity index (χ0n) is 10.3. The van der Waals surface area contributed by atoms with Crippen LogP contribution < -0.4 is 10.5 Å². The number of hydrogen-bond donors (Lipinski definition) is 2. The van der Waals surface area contributed by atoms with Crippen molar-refractivity contribution in [2.75, 3.05) is 5.73 Å². The minimum Gasteiger partial charge on any atom is -0.384 e. The number of sulfonamides is 1. The van der Waals surface area contributed by atoms with Gasteiger partial charge in [-0.25, -0.2) is 18.1 Å². The van der Waals surface area contributed by atoms with Gasteiger partial charge in [-0.15, -0.1) is 0 Å². The molecule has 0 aliphatic heterocycles. The van der Waals surface area contributed by atoms with Crippen molar-refractivity contribution in [3.8, 4) is 0 Å². The second-order valence-corrected chi connectivity index (χ2v) is 5.76. The molecule has 0 amide bonds. The molecule has 19 heavy (non-hydrogen) atoms. The van der Waals surface area contributed by atoms with E-state index >= 15 is 0 Å². The molecular formula is C12H14N4O2S. The first-order valence-corrected chi connectivity index (χ1v) is 7.11. The minimum absolute atomic E-state index is 0.0857. The minimum atomic E-state index is -3.61. The quantitative estimate of drug-likeness (QED) is 0.872. The Bertz CT molecular complexity index is 641. The van der Waals surface area contributed by atoms with Gasteiger partial charge in [0.05, 0.1) is 0 Å². The van der Waals surface area contributed by atoms with E-state index in [1.807, 2.05) is 0 Å². The van der Waals surface area contributed by atoms with Gasteiger partial charge in [0.25, 0.3) is 0 Å². The van der Waals surface area contributed by atoms with E-state index in [1.165, 1.54) is 18.3 Å². The fourth-order valence-corrected chi connectivity index (χ4v) is 2.75. The van der Waals surface area contributed by atoms with Crippen LogP contribution in [-0.4, -0.2) is 18.4 Å². The highest BCUT2D eigenvalue weighted by atomic mass is 32.2. The molecule has 0 spiro atoms. The van der Waals surface area contributed by atoms with Crippen LogP contribution in [0.5, 0.6) is 0 Å². The molecule has 1 unspecified atom stereocenters. The molecule has 0 aliphatic rings. The van der Waals surface area contributed by atoms with Crippen molar-refractivity contribution in [2.24, 2.45) is 0 Å². The predicted octanol–water partition coefficient (Wildman–Crippen LogP) is 1.10. The number of nitrogens with zero attached hydrogens (tertiary/aromatic N) is 2. The predicted molar refractivity (Wildman–Crippen MR) is 71.6 cm³/mol. The number of pyridine rings is 2. The Balaban J connectivity index is 2.20. The first-order chi connectivity index (χ1) is 8.99. The van der Waals surface area contributed by atoms with Crippen molar-refractivity contribution < 1.29 is 8.42 Å². The molecule has 2 rings (SSSR count). The average molecular weight is 278 g/mol. The van der Waals surface area contributed by atoms with Crippen LogP contribution in [0.3, 0.4) is 0 Å². The van der Waals surface area contributed by atoms with E-state index in [-0.39, 0.29) is 16.8 Å². The second kappa shape index (κ2) is 5.33. The fraction of sp³-hybridized carbons (Fsp3) is 0.167. The molecule has 0 bridgehead atoms. The van der Waals surface area contributed by atoms with E-state index in [4.69, 9.17) is 5.73 Å². The Kier molecular flexibility index (Phi) is 3.77. The molecule has 0 saturated heterocycles. The zero-order valence-corrected chi connectivity index (χ0v) is 11.1. The number of anilines is 1. The Morgan fingerprint density at radius 3 is 2.47 bits per heavy atom. The molecule has 7 heteroatoms. The highest BCUT2D eigenvalue weighted by molar-refractivity contribution is 7.89. The van der Waals surface area contributed by atoms with Crippen LogP contribution in [0.4, 0.5) is 5.82 Å². The highest BCUT2D eigenvalue weighted by Crippen LogP contribution is 2.16. The number of aromatic nitrogens is 2. The zero-order chi connectivity index (χ0) is 13.9. The van der Waals surface area contributed by atoms with Crippen LogP contribution in [0.25, 0.3) is 0 Å². The van der Waals surface area contributed by atoms with E-state index in [0.29, 0.717) is 0 Å². The Labute approximate surface area is 111 Å². The molecule has 2 aromatic rings. The lowest BCUT2D eigenvalue weighted by Crippen LogP contribution is -2.27. The van der Waals surface area contributed by atoms with Crippen molar-refractivity contribution >= 4 is 15.8 Å². The van der Waals surface area contributed by atoms with Crippen molar-refractivity contribution in [2.45, 2.75) is 17.9 Å². The molecule has 2 heterocycles. The lowest BCUT2D eigenvalue weighted by atomic mass is 10.1. The van der Waals surface area contributed by atoms with Crippen LogP contribution in [0.2, 0.25) is 0 Å². The van der Waals surface area contributed by atoms with Gasteiger partial charge < -0.3 is 5.73 Å². The van der Waals surface area contributed by atoms with Gasteiger partial charge in [0.15, 0.2) is 0 Å². The van der Waals surface area contributed by atoms with Gasteiger partial charge in [-0.1, -0.05) is 0 Å². The van der Waals surface area contributed by atoms with Gasteiger partial charge in [-0.2, -0.15) is 0 Å². The molecule has 0 radical (unpaired) electrons. The summed E-state index contributed by atoms with van der Waals surface area (Å²) in [5.41, 5.74) is 6.26. The molecule has 3 N–H and O–H groups in total. The number of nitrogens with one attached hydrogen (secondary N) is 1. The Morgan fingerprint density at radius 1 is 1.21 bits per heavy atom. The van der Waals surface area contributed by atoms with E-state index in [0.717, 1.165) is 5.56 Å². The van der Waals surface area contributed by atoms with Crippen LogP contribution in [-0.2, 0) is 10.0 Å². The molecule has 2 aromatic heterocycles. The SMILES string of the molecule is CC(NS(=O)(=O)c1ccc(N)nc1)c1ccncc1. The monoisotopic (exact) mass is 278 g/mol. The molecule has 0 aliphatic carbocycles. The fourth-order valence-electron chi connectivity index (χ4n) is 1.57. The summed E-state index contributed by atoms with van der Waals surface area (Å²) in [4.78, 5) is 7.75. The highest BCUT2D eigenvalue weighted by Gasteiger charge is 2.18. The average Bonchev–Trinajstić information content (AvgIpc) is 2.40. The maximum absolute atomic E-state index is 12.1. The van der Waals surface area contributed by atoms with Gasteiger partial charge in [-0.3, -0.25) is 4.98 Å². The Morgan fingerprint density at radius 2 is 1.89 bits per heavy atom. The maximum atomic E-state index is 12.1. The van der Waals surface area contributed by atoms with E-state index in [2.05, 4.69) is 14.7 Å². The van der Waals surface area contributed by atoms with Gasteiger partial charge in [0.1, 0.15) is 10.7 Å². The summed E-state index contributed by atoms with van der Waals surface area (Å²) in [5, 5.41) is 0. The van der Waals surface area contributed by atoms with Crippen LogP contribution in [0.1, 0.15) is 18.5 Å². The largest absolute Gasteiger partial charge is 0.384 e. The van der Waals surface area contributed by atoms with Crippen molar-refractivity contribution in [1.82, 2.24) is 14.7 Å². The van der Waals surface area contributed by atoms with Crippen molar-refractivity contribution in [1.29, 1.82) is 0 Å². The lowest BCUT2D eigenvalue weighted by molar-refractivity contribution is 0.566. The first-order valence-electron chi connectivity index (χ1n) is 5.63. The van der Waals surface area contributed by atoms with Gasteiger partial charge in [0.2, 0.25) is 10.0 Å². The number of nitrogen functional groups attached to an aromatic ring is 1. The van der Waals surface area contributed by atoms with Crippen LogP contribution >= 0.6 is 0 Å². The summed E-state index contributed by atoms with van der Waals surface area (Å²) in [7, 11) is -3.61. The number of nitrogens with two attached hydrogens (primary N) is 1. The molecule has 0 fully saturated rings. The lowest BCUT2D eigenvalue weighted by Gasteiger charge is -2.14. The third-order valence-electron chi connectivity index (χ3n) is 2.61. The van der Waals surface area contributed by atoms with E-state index in [1.54, 1.807) is 31.5 Å². The Hall–Kier alpha value is -1.99. The normalized spacial score (nSPS) is 13.1. The van der Waals surface area contributed by atoms with Gasteiger partial charge in [-0.05, 0) is 36.8 Å². The molecule has 1 atom stereocenters. The van der Waals surface area contributed by atoms with E-state index in [9.17, 15) is 8.42 Å². The van der Waals surface area contributed by atoms with Gasteiger partial charge in [0, 0.05) is 24.6 Å². The molecule has 0 aromatic carbocycles. The summed E-state index contributed by atoms with van der Waals surface area (Å²) in [6.07, 6.45) is 4.47.